The van der Waals surface area contributed by atoms with Crippen LogP contribution in [0.2, 0.25) is 0 Å². The van der Waals surface area contributed by atoms with Crippen LogP contribution in [-0.2, 0) is 6.54 Å². The van der Waals surface area contributed by atoms with Gasteiger partial charge in [-0.3, -0.25) is 4.79 Å². The maximum atomic E-state index is 11.2. The number of nitrogens with one attached hydrogen (secondary N) is 1. The number of anilines is 1. The highest BCUT2D eigenvalue weighted by atomic mass is 16.1. The van der Waals surface area contributed by atoms with Gasteiger partial charge in [-0.2, -0.15) is 0 Å². The first-order chi connectivity index (χ1) is 5.68. The number of hydrogen-bond acceptors (Lipinski definition) is 2. The summed E-state index contributed by atoms with van der Waals surface area (Å²) in [5.41, 5.74) is 9.16. The van der Waals surface area contributed by atoms with Gasteiger partial charge < -0.3 is 11.1 Å². The van der Waals surface area contributed by atoms with E-state index in [0.29, 0.717) is 12.2 Å². The van der Waals surface area contributed by atoms with Crippen molar-refractivity contribution < 1.29 is 4.79 Å². The van der Waals surface area contributed by atoms with Crippen molar-refractivity contribution in [1.29, 1.82) is 0 Å². The van der Waals surface area contributed by atoms with Crippen molar-refractivity contribution in [1.82, 2.24) is 5.32 Å². The maximum absolute atomic E-state index is 11.2. The molecular weight excluding hydrogens is 151 g/mol. The van der Waals surface area contributed by atoms with Crippen LogP contribution in [-0.4, -0.2) is 13.8 Å². The lowest BCUT2D eigenvalue weighted by atomic mass is 9.88. The van der Waals surface area contributed by atoms with Crippen molar-refractivity contribution in [2.24, 2.45) is 0 Å². The Morgan fingerprint density at radius 1 is 1.50 bits per heavy atom. The minimum absolute atomic E-state index is 0.0135. The van der Waals surface area contributed by atoms with Crippen molar-refractivity contribution in [3.63, 3.8) is 0 Å². The normalized spacial score (nSPS) is 14.2. The number of nitrogens with two attached hydrogens (primary N) is 1. The fraction of sp³-hybridized carbons (Fsp3) is 0.125. The lowest BCUT2D eigenvalue weighted by Gasteiger charge is -2.02. The number of benzene rings is 1. The van der Waals surface area contributed by atoms with Crippen LogP contribution in [0.5, 0.6) is 0 Å². The molecular formula is C8H9BN2O. The van der Waals surface area contributed by atoms with E-state index in [-0.39, 0.29) is 5.91 Å². The van der Waals surface area contributed by atoms with Crippen molar-refractivity contribution in [2.75, 3.05) is 5.73 Å². The zero-order valence-corrected chi connectivity index (χ0v) is 6.85. The molecule has 3 N–H and O–H groups in total. The van der Waals surface area contributed by atoms with Crippen LogP contribution < -0.4 is 16.5 Å². The lowest BCUT2D eigenvalue weighted by molar-refractivity contribution is 0.0966. The van der Waals surface area contributed by atoms with Gasteiger partial charge in [0.2, 0.25) is 0 Å². The number of rotatable bonds is 0. The van der Waals surface area contributed by atoms with Crippen LogP contribution in [0, 0.1) is 0 Å². The number of carbonyl (C=O) groups excluding carboxylic acids is 1. The minimum atomic E-state index is -0.0135. The van der Waals surface area contributed by atoms with Crippen molar-refractivity contribution in [3.05, 3.63) is 23.3 Å². The Labute approximate surface area is 71.4 Å². The lowest BCUT2D eigenvalue weighted by Crippen LogP contribution is -2.12. The molecule has 4 heteroatoms. The molecule has 1 amide bonds. The number of nitrogen functional groups attached to an aromatic ring is 1. The van der Waals surface area contributed by atoms with Gasteiger partial charge in [0.05, 0.1) is 0 Å². The molecule has 0 aliphatic carbocycles. The highest BCUT2D eigenvalue weighted by Crippen LogP contribution is 2.15. The molecule has 0 aromatic heterocycles. The monoisotopic (exact) mass is 160 g/mol. The summed E-state index contributed by atoms with van der Waals surface area (Å²) in [6.07, 6.45) is 0. The van der Waals surface area contributed by atoms with Gasteiger partial charge in [0.15, 0.2) is 0 Å². The molecule has 0 spiro atoms. The minimum Gasteiger partial charge on any atom is -0.399 e. The van der Waals surface area contributed by atoms with Gasteiger partial charge in [0, 0.05) is 17.8 Å². The standard InChI is InChI=1S/C8H9BN2O/c9-7-2-4(10)1-5-6(7)3-11-8(5)12/h1-2H,3,9-10H2,(H,11,12). The Kier molecular flexibility index (Phi) is 1.36. The Morgan fingerprint density at radius 2 is 2.25 bits per heavy atom. The molecule has 0 saturated carbocycles. The van der Waals surface area contributed by atoms with E-state index in [0.717, 1.165) is 16.6 Å². The Bertz CT molecular complexity index is 362. The van der Waals surface area contributed by atoms with Crippen LogP contribution in [0.1, 0.15) is 15.9 Å². The van der Waals surface area contributed by atoms with E-state index < -0.39 is 0 Å². The quantitative estimate of drug-likeness (QED) is 0.368. The van der Waals surface area contributed by atoms with Crippen LogP contribution in [0.15, 0.2) is 12.1 Å². The number of carbonyl (C=O) groups is 1. The zero-order chi connectivity index (χ0) is 8.72. The van der Waals surface area contributed by atoms with E-state index in [1.54, 1.807) is 6.07 Å². The van der Waals surface area contributed by atoms with Crippen LogP contribution in [0.25, 0.3) is 0 Å². The highest BCUT2D eigenvalue weighted by Gasteiger charge is 2.20. The molecule has 1 heterocycles. The first-order valence-electron chi connectivity index (χ1n) is 3.85. The zero-order valence-electron chi connectivity index (χ0n) is 6.85. The third-order valence-electron chi connectivity index (χ3n) is 2.17. The molecule has 0 unspecified atom stereocenters. The Hall–Kier alpha value is -1.45. The Morgan fingerprint density at radius 3 is 3.00 bits per heavy atom. The average Bonchev–Trinajstić information content (AvgIpc) is 2.33. The second kappa shape index (κ2) is 2.27. The van der Waals surface area contributed by atoms with E-state index in [1.165, 1.54) is 0 Å². The fourth-order valence-corrected chi connectivity index (χ4v) is 1.55. The largest absolute Gasteiger partial charge is 0.399 e. The highest BCUT2D eigenvalue weighted by molar-refractivity contribution is 6.34. The van der Waals surface area contributed by atoms with Crippen LogP contribution in [0.4, 0.5) is 5.69 Å². The predicted octanol–water partition coefficient (Wildman–Crippen LogP) is -1.23. The SMILES string of the molecule is Bc1cc(N)cc2c1CNC2=O. The molecule has 3 nitrogen and oxygen atoms in total. The molecule has 0 atom stereocenters. The van der Waals surface area contributed by atoms with E-state index >= 15 is 0 Å². The third-order valence-corrected chi connectivity index (χ3v) is 2.17. The van der Waals surface area contributed by atoms with E-state index in [4.69, 9.17) is 5.73 Å². The second-order valence-corrected chi connectivity index (χ2v) is 3.05. The van der Waals surface area contributed by atoms with Gasteiger partial charge in [-0.15, -0.1) is 0 Å². The summed E-state index contributed by atoms with van der Waals surface area (Å²) in [5, 5.41) is 2.76. The summed E-state index contributed by atoms with van der Waals surface area (Å²) < 4.78 is 0. The molecule has 0 fully saturated rings. The van der Waals surface area contributed by atoms with Gasteiger partial charge in [-0.05, 0) is 17.7 Å². The summed E-state index contributed by atoms with van der Waals surface area (Å²) in [4.78, 5) is 11.2. The van der Waals surface area contributed by atoms with E-state index in [9.17, 15) is 4.79 Å². The molecule has 1 aliphatic heterocycles. The fourth-order valence-electron chi connectivity index (χ4n) is 1.55. The van der Waals surface area contributed by atoms with Crippen molar-refractivity contribution in [3.8, 4) is 0 Å². The van der Waals surface area contributed by atoms with Gasteiger partial charge in [-0.25, -0.2) is 0 Å². The molecule has 0 radical (unpaired) electrons. The topological polar surface area (TPSA) is 55.1 Å². The summed E-state index contributed by atoms with van der Waals surface area (Å²) in [7, 11) is 1.97. The molecule has 0 bridgehead atoms. The molecule has 12 heavy (non-hydrogen) atoms. The maximum Gasteiger partial charge on any atom is 0.251 e. The third kappa shape index (κ3) is 0.880. The second-order valence-electron chi connectivity index (χ2n) is 3.05. The number of amides is 1. The summed E-state index contributed by atoms with van der Waals surface area (Å²) in [6.45, 7) is 0.639. The number of fused-ring (bicyclic) bond motifs is 1. The van der Waals surface area contributed by atoms with E-state index in [2.05, 4.69) is 5.32 Å². The smallest absolute Gasteiger partial charge is 0.251 e. The summed E-state index contributed by atoms with van der Waals surface area (Å²) >= 11 is 0. The van der Waals surface area contributed by atoms with E-state index in [1.807, 2.05) is 13.9 Å². The first-order valence-corrected chi connectivity index (χ1v) is 3.85. The molecule has 0 saturated heterocycles. The summed E-state index contributed by atoms with van der Waals surface area (Å²) in [6, 6.07) is 3.61. The average molecular weight is 160 g/mol. The van der Waals surface area contributed by atoms with Crippen molar-refractivity contribution in [2.45, 2.75) is 6.54 Å². The molecule has 1 aromatic carbocycles. The van der Waals surface area contributed by atoms with Gasteiger partial charge >= 0.3 is 0 Å². The van der Waals surface area contributed by atoms with Gasteiger partial charge in [0.1, 0.15) is 7.85 Å². The Balaban J connectivity index is 2.68. The molecule has 1 aromatic rings. The summed E-state index contributed by atoms with van der Waals surface area (Å²) in [5.74, 6) is -0.0135. The van der Waals surface area contributed by atoms with Crippen LogP contribution in [0.3, 0.4) is 0 Å². The van der Waals surface area contributed by atoms with Gasteiger partial charge in [-0.1, -0.05) is 5.46 Å². The molecule has 2 rings (SSSR count). The predicted molar refractivity (Wildman–Crippen MR) is 50.2 cm³/mol. The van der Waals surface area contributed by atoms with Crippen LogP contribution >= 0.6 is 0 Å². The molecule has 60 valence electrons. The number of hydrogen-bond donors (Lipinski definition) is 2. The van der Waals surface area contributed by atoms with Crippen molar-refractivity contribution >= 4 is 24.9 Å². The molecule has 1 aliphatic rings. The van der Waals surface area contributed by atoms with Gasteiger partial charge in [0.25, 0.3) is 5.91 Å². The first kappa shape index (κ1) is 7.22.